The molecule has 0 unspecified atom stereocenters. The molecule has 1 amide bonds. The van der Waals surface area contributed by atoms with Gasteiger partial charge in [0, 0.05) is 13.6 Å². The molecular formula is C37H51NO. The van der Waals surface area contributed by atoms with E-state index >= 15 is 0 Å². The Kier molecular flexibility index (Phi) is 13.2. The minimum absolute atomic E-state index is 0. The number of hydrogen-bond acceptors (Lipinski definition) is 1. The van der Waals surface area contributed by atoms with E-state index in [0.717, 1.165) is 38.6 Å². The van der Waals surface area contributed by atoms with Crippen LogP contribution in [0.15, 0.2) is 83.5 Å². The Morgan fingerprint density at radius 3 is 2.23 bits per heavy atom. The minimum Gasteiger partial charge on any atom is -0.342 e. The molecule has 0 aliphatic heterocycles. The summed E-state index contributed by atoms with van der Waals surface area (Å²) in [6.07, 6.45) is 16.5. The fourth-order valence-electron chi connectivity index (χ4n) is 5.37. The molecule has 2 aromatic carbocycles. The fourth-order valence-corrected chi connectivity index (χ4v) is 5.37. The van der Waals surface area contributed by atoms with Gasteiger partial charge in [-0.3, -0.25) is 4.79 Å². The standard InChI is InChI=1S/C33H39NO.C3H8.CH4/c1-5-24-12-19-32(26(6-2)21-24)31-18-17-29-22-28(15-16-30(29)23-31)27-13-10-25(11-14-27)9-8-20-34(4)33(35)7-3;1-3-2;/h7,10-11,13-16,21-23H,3,5-6,8-9,12,17-20H2,1-2,4H3;3H2,1-2H3;1H4. The number of likely N-dealkylation sites (N-methyl/N-ethyl adjacent to an activating group) is 1. The maximum atomic E-state index is 11.6. The van der Waals surface area contributed by atoms with Crippen LogP contribution in [0.3, 0.4) is 0 Å². The molecule has 0 saturated carbocycles. The van der Waals surface area contributed by atoms with Gasteiger partial charge in [0.05, 0.1) is 0 Å². The van der Waals surface area contributed by atoms with Crippen molar-refractivity contribution < 1.29 is 4.79 Å². The monoisotopic (exact) mass is 525 g/mol. The number of hydrogen-bond donors (Lipinski definition) is 0. The summed E-state index contributed by atoms with van der Waals surface area (Å²) in [4.78, 5) is 13.3. The first kappa shape index (κ1) is 32.1. The Balaban J connectivity index is 0.00000127. The second-order valence-corrected chi connectivity index (χ2v) is 10.6. The lowest BCUT2D eigenvalue weighted by Crippen LogP contribution is -2.25. The number of carbonyl (C=O) groups is 1. The van der Waals surface area contributed by atoms with Crippen LogP contribution in [0.1, 0.15) is 96.8 Å². The molecule has 2 nitrogen and oxygen atoms in total. The fraction of sp³-hybridized carbons (Fsp3) is 0.432. The van der Waals surface area contributed by atoms with E-state index in [1.54, 1.807) is 27.2 Å². The van der Waals surface area contributed by atoms with E-state index in [1.807, 2.05) is 7.05 Å². The van der Waals surface area contributed by atoms with Crippen LogP contribution < -0.4 is 0 Å². The van der Waals surface area contributed by atoms with Crippen molar-refractivity contribution in [3.63, 3.8) is 0 Å². The van der Waals surface area contributed by atoms with Crippen molar-refractivity contribution in [3.8, 4) is 11.1 Å². The Morgan fingerprint density at radius 1 is 0.897 bits per heavy atom. The largest absolute Gasteiger partial charge is 0.342 e. The first-order chi connectivity index (χ1) is 18.4. The highest BCUT2D eigenvalue weighted by Gasteiger charge is 2.19. The molecule has 0 aromatic heterocycles. The lowest BCUT2D eigenvalue weighted by Gasteiger charge is -2.25. The van der Waals surface area contributed by atoms with Crippen LogP contribution in [-0.2, 0) is 17.6 Å². The summed E-state index contributed by atoms with van der Waals surface area (Å²) in [5.41, 5.74) is 13.0. The summed E-state index contributed by atoms with van der Waals surface area (Å²) >= 11 is 0. The number of carbonyl (C=O) groups excluding carboxylic acids is 1. The van der Waals surface area contributed by atoms with Gasteiger partial charge in [0.25, 0.3) is 0 Å². The zero-order valence-corrected chi connectivity index (χ0v) is 24.4. The number of fused-ring (bicyclic) bond motifs is 1. The van der Waals surface area contributed by atoms with E-state index in [2.05, 4.69) is 88.9 Å². The molecule has 0 atom stereocenters. The zero-order valence-electron chi connectivity index (χ0n) is 24.4. The smallest absolute Gasteiger partial charge is 0.245 e. The third-order valence-corrected chi connectivity index (χ3v) is 7.62. The average molecular weight is 526 g/mol. The number of rotatable bonds is 9. The lowest BCUT2D eigenvalue weighted by molar-refractivity contribution is -0.124. The average Bonchev–Trinajstić information content (AvgIpc) is 2.96. The number of amides is 1. The Hall–Kier alpha value is -3.13. The van der Waals surface area contributed by atoms with E-state index in [1.165, 1.54) is 59.6 Å². The van der Waals surface area contributed by atoms with Gasteiger partial charge in [-0.15, -0.1) is 0 Å². The third kappa shape index (κ3) is 8.68. The van der Waals surface area contributed by atoms with Gasteiger partial charge in [-0.05, 0) is 102 Å². The molecule has 0 bridgehead atoms. The molecule has 0 N–H and O–H groups in total. The number of allylic oxidation sites excluding steroid dienone is 5. The van der Waals surface area contributed by atoms with Crippen LogP contribution in [-0.4, -0.2) is 24.4 Å². The second-order valence-electron chi connectivity index (χ2n) is 10.6. The molecule has 0 radical (unpaired) electrons. The van der Waals surface area contributed by atoms with E-state index in [9.17, 15) is 4.79 Å². The van der Waals surface area contributed by atoms with Gasteiger partial charge in [0.1, 0.15) is 0 Å². The van der Waals surface area contributed by atoms with Crippen LogP contribution in [0.4, 0.5) is 0 Å². The normalized spacial score (nSPS) is 14.2. The van der Waals surface area contributed by atoms with Crippen molar-refractivity contribution in [2.24, 2.45) is 0 Å². The van der Waals surface area contributed by atoms with E-state index in [4.69, 9.17) is 0 Å². The van der Waals surface area contributed by atoms with Gasteiger partial charge in [-0.2, -0.15) is 0 Å². The summed E-state index contributed by atoms with van der Waals surface area (Å²) < 4.78 is 0. The maximum Gasteiger partial charge on any atom is 0.245 e. The van der Waals surface area contributed by atoms with Gasteiger partial charge in [0.15, 0.2) is 0 Å². The molecule has 0 spiro atoms. The quantitative estimate of drug-likeness (QED) is 0.298. The van der Waals surface area contributed by atoms with Gasteiger partial charge in [0.2, 0.25) is 5.91 Å². The molecule has 2 aromatic rings. The Bertz CT molecular complexity index is 1190. The van der Waals surface area contributed by atoms with E-state index < -0.39 is 0 Å². The Morgan fingerprint density at radius 2 is 1.59 bits per heavy atom. The summed E-state index contributed by atoms with van der Waals surface area (Å²) in [6.45, 7) is 13.1. The third-order valence-electron chi connectivity index (χ3n) is 7.62. The highest BCUT2D eigenvalue weighted by molar-refractivity contribution is 5.86. The molecule has 2 aliphatic rings. The number of aryl methyl sites for hydroxylation is 2. The second kappa shape index (κ2) is 16.1. The van der Waals surface area contributed by atoms with Gasteiger partial charge in [-0.1, -0.05) is 108 Å². The lowest BCUT2D eigenvalue weighted by atomic mass is 9.80. The molecule has 210 valence electrons. The summed E-state index contributed by atoms with van der Waals surface area (Å²) in [5, 5.41) is 0. The predicted octanol–water partition coefficient (Wildman–Crippen LogP) is 10.1. The van der Waals surface area contributed by atoms with Crippen molar-refractivity contribution in [3.05, 3.63) is 100 Å². The first-order valence-corrected chi connectivity index (χ1v) is 14.7. The van der Waals surface area contributed by atoms with Crippen molar-refractivity contribution in [1.82, 2.24) is 4.90 Å². The molecule has 39 heavy (non-hydrogen) atoms. The van der Waals surface area contributed by atoms with E-state index in [0.29, 0.717) is 0 Å². The zero-order chi connectivity index (χ0) is 27.5. The topological polar surface area (TPSA) is 20.3 Å². The Labute approximate surface area is 239 Å². The van der Waals surface area contributed by atoms with Crippen LogP contribution >= 0.6 is 0 Å². The van der Waals surface area contributed by atoms with Crippen LogP contribution in [0.25, 0.3) is 17.2 Å². The summed E-state index contributed by atoms with van der Waals surface area (Å²) in [6, 6.07) is 15.9. The highest BCUT2D eigenvalue weighted by atomic mass is 16.2. The van der Waals surface area contributed by atoms with Gasteiger partial charge >= 0.3 is 0 Å². The molecule has 4 rings (SSSR count). The van der Waals surface area contributed by atoms with Gasteiger partial charge < -0.3 is 4.90 Å². The first-order valence-electron chi connectivity index (χ1n) is 14.7. The summed E-state index contributed by atoms with van der Waals surface area (Å²) in [5.74, 6) is -0.0153. The molecule has 0 heterocycles. The van der Waals surface area contributed by atoms with Crippen molar-refractivity contribution in [1.29, 1.82) is 0 Å². The minimum atomic E-state index is -0.0153. The number of nitrogens with zero attached hydrogens (tertiary/aromatic N) is 1. The molecule has 2 aliphatic carbocycles. The SMILES string of the molecule is C.C=CC(=O)N(C)CCCc1ccc(-c2ccc3c(c2)CCC(C2=C(CC)C=C(CC)CC2)=C3)cc1.CCC. The van der Waals surface area contributed by atoms with Crippen LogP contribution in [0.5, 0.6) is 0 Å². The van der Waals surface area contributed by atoms with Crippen LogP contribution in [0.2, 0.25) is 0 Å². The van der Waals surface area contributed by atoms with Crippen molar-refractivity contribution >= 4 is 12.0 Å². The molecule has 2 heteroatoms. The van der Waals surface area contributed by atoms with Crippen LogP contribution in [0, 0.1) is 0 Å². The highest BCUT2D eigenvalue weighted by Crippen LogP contribution is 2.38. The molecule has 0 saturated heterocycles. The number of benzene rings is 2. The van der Waals surface area contributed by atoms with Crippen molar-refractivity contribution in [2.45, 2.75) is 92.9 Å². The maximum absolute atomic E-state index is 11.6. The summed E-state index contributed by atoms with van der Waals surface area (Å²) in [7, 11) is 1.83. The van der Waals surface area contributed by atoms with E-state index in [-0.39, 0.29) is 13.3 Å². The predicted molar refractivity (Wildman–Crippen MR) is 172 cm³/mol. The van der Waals surface area contributed by atoms with Crippen molar-refractivity contribution in [2.75, 3.05) is 13.6 Å². The molecule has 0 fully saturated rings. The molecular weight excluding hydrogens is 474 g/mol. The van der Waals surface area contributed by atoms with Gasteiger partial charge in [-0.25, -0.2) is 0 Å².